The van der Waals surface area contributed by atoms with Crippen LogP contribution in [0.4, 0.5) is 5.69 Å². The van der Waals surface area contributed by atoms with Gasteiger partial charge in [-0.3, -0.25) is 0 Å². The van der Waals surface area contributed by atoms with Crippen molar-refractivity contribution in [1.82, 2.24) is 10.1 Å². The van der Waals surface area contributed by atoms with Gasteiger partial charge in [-0.1, -0.05) is 11.2 Å². The first kappa shape index (κ1) is 13.5. The van der Waals surface area contributed by atoms with E-state index in [1.54, 1.807) is 7.11 Å². The number of hydrogen-bond donors (Lipinski definition) is 1. The molecular weight excluding hydrogens is 242 g/mol. The molecule has 0 bridgehead atoms. The van der Waals surface area contributed by atoms with E-state index in [0.717, 1.165) is 16.7 Å². The summed E-state index contributed by atoms with van der Waals surface area (Å²) in [5.41, 5.74) is 9.02. The van der Waals surface area contributed by atoms with Crippen molar-refractivity contribution < 1.29 is 9.26 Å². The highest BCUT2D eigenvalue weighted by Crippen LogP contribution is 2.30. The second-order valence-corrected chi connectivity index (χ2v) is 5.18. The molecule has 5 nitrogen and oxygen atoms in total. The Morgan fingerprint density at radius 3 is 2.58 bits per heavy atom. The van der Waals surface area contributed by atoms with Crippen molar-refractivity contribution in [2.24, 2.45) is 0 Å². The molecule has 0 aliphatic heterocycles. The molecule has 2 rings (SSSR count). The highest BCUT2D eigenvalue weighted by atomic mass is 16.5. The maximum Gasteiger partial charge on any atom is 0.260 e. The molecule has 0 spiro atoms. The Morgan fingerprint density at radius 1 is 1.26 bits per heavy atom. The first-order valence-corrected chi connectivity index (χ1v) is 6.11. The Labute approximate surface area is 112 Å². The SMILES string of the molecule is COC(C)(C)c1noc(-c2cc(C)cc(C)c2N)n1. The zero-order chi connectivity index (χ0) is 14.2. The fraction of sp³-hybridized carbons (Fsp3) is 0.429. The van der Waals surface area contributed by atoms with Gasteiger partial charge in [0, 0.05) is 12.8 Å². The van der Waals surface area contributed by atoms with Crippen LogP contribution in [-0.4, -0.2) is 17.3 Å². The maximum absolute atomic E-state index is 6.08. The molecule has 0 saturated carbocycles. The summed E-state index contributed by atoms with van der Waals surface area (Å²) in [5.74, 6) is 0.924. The zero-order valence-electron chi connectivity index (χ0n) is 11.9. The number of aromatic nitrogens is 2. The van der Waals surface area contributed by atoms with Crippen LogP contribution in [-0.2, 0) is 10.3 Å². The number of nitrogen functional groups attached to an aromatic ring is 1. The van der Waals surface area contributed by atoms with Crippen LogP contribution < -0.4 is 5.73 Å². The van der Waals surface area contributed by atoms with Crippen molar-refractivity contribution in [1.29, 1.82) is 0 Å². The van der Waals surface area contributed by atoms with E-state index in [2.05, 4.69) is 10.1 Å². The zero-order valence-corrected chi connectivity index (χ0v) is 11.9. The van der Waals surface area contributed by atoms with Crippen molar-refractivity contribution in [2.75, 3.05) is 12.8 Å². The molecule has 1 aromatic carbocycles. The summed E-state index contributed by atoms with van der Waals surface area (Å²) in [5, 5.41) is 3.97. The second-order valence-electron chi connectivity index (χ2n) is 5.18. The van der Waals surface area contributed by atoms with Crippen molar-refractivity contribution in [3.8, 4) is 11.5 Å². The van der Waals surface area contributed by atoms with Gasteiger partial charge >= 0.3 is 0 Å². The van der Waals surface area contributed by atoms with Crippen LogP contribution in [0.2, 0.25) is 0 Å². The Morgan fingerprint density at radius 2 is 1.95 bits per heavy atom. The Bertz CT molecular complexity index is 603. The van der Waals surface area contributed by atoms with Crippen molar-refractivity contribution in [2.45, 2.75) is 33.3 Å². The summed E-state index contributed by atoms with van der Waals surface area (Å²) in [6.45, 7) is 7.73. The molecule has 0 amide bonds. The van der Waals surface area contributed by atoms with Crippen molar-refractivity contribution in [3.63, 3.8) is 0 Å². The fourth-order valence-corrected chi connectivity index (χ4v) is 1.82. The number of ether oxygens (including phenoxy) is 1. The van der Waals surface area contributed by atoms with E-state index < -0.39 is 5.60 Å². The lowest BCUT2D eigenvalue weighted by Gasteiger charge is -2.17. The number of anilines is 1. The summed E-state index contributed by atoms with van der Waals surface area (Å²) in [7, 11) is 1.61. The van der Waals surface area contributed by atoms with Gasteiger partial charge in [-0.15, -0.1) is 0 Å². The lowest BCUT2D eigenvalue weighted by atomic mass is 10.0. The molecule has 102 valence electrons. The largest absolute Gasteiger partial charge is 0.398 e. The quantitative estimate of drug-likeness (QED) is 0.860. The van der Waals surface area contributed by atoms with Gasteiger partial charge in [0.05, 0.1) is 5.56 Å². The molecule has 0 aliphatic rings. The van der Waals surface area contributed by atoms with E-state index in [1.807, 2.05) is 39.8 Å². The van der Waals surface area contributed by atoms with Crippen LogP contribution in [0.25, 0.3) is 11.5 Å². The molecule has 2 N–H and O–H groups in total. The van der Waals surface area contributed by atoms with Gasteiger partial charge in [0.15, 0.2) is 0 Å². The van der Waals surface area contributed by atoms with E-state index in [9.17, 15) is 0 Å². The summed E-state index contributed by atoms with van der Waals surface area (Å²) in [6.07, 6.45) is 0. The van der Waals surface area contributed by atoms with Crippen LogP contribution in [0.1, 0.15) is 30.8 Å². The van der Waals surface area contributed by atoms with Crippen molar-refractivity contribution >= 4 is 5.69 Å². The molecule has 0 fully saturated rings. The van der Waals surface area contributed by atoms with Crippen LogP contribution in [0, 0.1) is 13.8 Å². The molecular formula is C14H19N3O2. The predicted molar refractivity (Wildman–Crippen MR) is 73.7 cm³/mol. The van der Waals surface area contributed by atoms with E-state index in [1.165, 1.54) is 0 Å². The van der Waals surface area contributed by atoms with Gasteiger partial charge in [-0.2, -0.15) is 4.98 Å². The van der Waals surface area contributed by atoms with E-state index in [-0.39, 0.29) is 0 Å². The van der Waals surface area contributed by atoms with Gasteiger partial charge in [-0.05, 0) is 44.9 Å². The fourth-order valence-electron chi connectivity index (χ4n) is 1.82. The number of nitrogens with zero attached hydrogens (tertiary/aromatic N) is 2. The maximum atomic E-state index is 6.08. The van der Waals surface area contributed by atoms with Gasteiger partial charge < -0.3 is 15.0 Å². The number of nitrogens with two attached hydrogens (primary N) is 1. The second kappa shape index (κ2) is 4.66. The predicted octanol–water partition coefficient (Wildman–Crippen LogP) is 2.82. The number of aryl methyl sites for hydroxylation is 2. The highest BCUT2D eigenvalue weighted by molar-refractivity contribution is 5.74. The van der Waals surface area contributed by atoms with Crippen LogP contribution in [0.15, 0.2) is 16.7 Å². The summed E-state index contributed by atoms with van der Waals surface area (Å²) in [6, 6.07) is 3.97. The number of methoxy groups -OCH3 is 1. The summed E-state index contributed by atoms with van der Waals surface area (Å²) < 4.78 is 10.6. The standard InChI is InChI=1S/C14H19N3O2/c1-8-6-9(2)11(15)10(7-8)12-16-13(17-19-12)14(3,4)18-5/h6-7H,15H2,1-5H3. The van der Waals surface area contributed by atoms with Gasteiger partial charge in [0.25, 0.3) is 5.89 Å². The Hall–Kier alpha value is -1.88. The van der Waals surface area contributed by atoms with Crippen LogP contribution in [0.5, 0.6) is 0 Å². The molecule has 2 aromatic rings. The van der Waals surface area contributed by atoms with Gasteiger partial charge in [0.1, 0.15) is 5.60 Å². The third-order valence-corrected chi connectivity index (χ3v) is 3.24. The minimum atomic E-state index is -0.588. The smallest absolute Gasteiger partial charge is 0.260 e. The average Bonchev–Trinajstić information content (AvgIpc) is 2.83. The molecule has 0 saturated heterocycles. The molecule has 0 atom stereocenters. The number of rotatable bonds is 3. The first-order valence-electron chi connectivity index (χ1n) is 6.11. The number of hydrogen-bond acceptors (Lipinski definition) is 5. The van der Waals surface area contributed by atoms with E-state index in [4.69, 9.17) is 15.0 Å². The summed E-state index contributed by atoms with van der Waals surface area (Å²) in [4.78, 5) is 4.38. The topological polar surface area (TPSA) is 74.2 Å². The Balaban J connectivity index is 2.50. The van der Waals surface area contributed by atoms with Crippen LogP contribution >= 0.6 is 0 Å². The molecule has 0 aliphatic carbocycles. The van der Waals surface area contributed by atoms with Crippen LogP contribution in [0.3, 0.4) is 0 Å². The third kappa shape index (κ3) is 2.46. The lowest BCUT2D eigenvalue weighted by molar-refractivity contribution is 0.00973. The molecule has 19 heavy (non-hydrogen) atoms. The highest BCUT2D eigenvalue weighted by Gasteiger charge is 2.27. The minimum absolute atomic E-state index is 0.421. The first-order chi connectivity index (χ1) is 8.85. The Kier molecular flexibility index (Phi) is 3.32. The normalized spacial score (nSPS) is 11.8. The number of benzene rings is 1. The lowest BCUT2D eigenvalue weighted by Crippen LogP contribution is -2.21. The van der Waals surface area contributed by atoms with Crippen molar-refractivity contribution in [3.05, 3.63) is 29.1 Å². The van der Waals surface area contributed by atoms with E-state index in [0.29, 0.717) is 17.4 Å². The molecule has 1 heterocycles. The van der Waals surface area contributed by atoms with Gasteiger partial charge in [-0.25, -0.2) is 0 Å². The van der Waals surface area contributed by atoms with E-state index >= 15 is 0 Å². The average molecular weight is 261 g/mol. The molecule has 0 radical (unpaired) electrons. The third-order valence-electron chi connectivity index (χ3n) is 3.24. The van der Waals surface area contributed by atoms with Gasteiger partial charge in [0.2, 0.25) is 5.82 Å². The summed E-state index contributed by atoms with van der Waals surface area (Å²) >= 11 is 0. The molecule has 0 unspecified atom stereocenters. The minimum Gasteiger partial charge on any atom is -0.398 e. The molecule has 5 heteroatoms. The monoisotopic (exact) mass is 261 g/mol. The molecule has 1 aromatic heterocycles.